The average Bonchev–Trinajstić information content (AvgIpc) is 2.99. The van der Waals surface area contributed by atoms with Crippen LogP contribution in [0.2, 0.25) is 5.02 Å². The molecule has 0 saturated heterocycles. The Morgan fingerprint density at radius 1 is 1.27 bits per heavy atom. The molecule has 0 amide bonds. The molecule has 0 spiro atoms. The molecule has 1 heterocycles. The minimum Gasteiger partial charge on any atom is -0.378 e. The number of hydrogen-bond donors (Lipinski definition) is 2. The number of nitrogens with one attached hydrogen (secondary N) is 2. The predicted octanol–water partition coefficient (Wildman–Crippen LogP) is 2.70. The van der Waals surface area contributed by atoms with Crippen LogP contribution in [-0.4, -0.2) is 26.4 Å². The molecule has 0 bridgehead atoms. The Bertz CT molecular complexity index is 763. The summed E-state index contributed by atoms with van der Waals surface area (Å²) in [4.78, 5) is 10.4. The van der Waals surface area contributed by atoms with Gasteiger partial charge in [-0.1, -0.05) is 17.7 Å². The highest BCUT2D eigenvalue weighted by Gasteiger charge is 2.16. The molecule has 1 aromatic carbocycles. The van der Waals surface area contributed by atoms with E-state index in [0.717, 1.165) is 11.3 Å². The highest BCUT2D eigenvalue weighted by atomic mass is 35.5. The van der Waals surface area contributed by atoms with E-state index in [9.17, 15) is 18.5 Å². The molecule has 2 N–H and O–H groups in total. The number of nitro groups is 1. The van der Waals surface area contributed by atoms with Gasteiger partial charge in [-0.15, -0.1) is 11.3 Å². The Morgan fingerprint density at radius 3 is 2.68 bits per heavy atom. The molecule has 0 atom stereocenters. The van der Waals surface area contributed by atoms with Crippen LogP contribution in [-0.2, 0) is 10.0 Å². The van der Waals surface area contributed by atoms with E-state index in [1.165, 1.54) is 24.3 Å². The first-order valence-electron chi connectivity index (χ1n) is 6.11. The number of thiophene rings is 1. The summed E-state index contributed by atoms with van der Waals surface area (Å²) in [5, 5.41) is 15.7. The van der Waals surface area contributed by atoms with Crippen LogP contribution < -0.4 is 10.0 Å². The third kappa shape index (κ3) is 4.17. The summed E-state index contributed by atoms with van der Waals surface area (Å²) in [6, 6.07) is 7.39. The summed E-state index contributed by atoms with van der Waals surface area (Å²) < 4.78 is 26.4. The summed E-state index contributed by atoms with van der Waals surface area (Å²) in [5.41, 5.74) is 0.123. The van der Waals surface area contributed by atoms with Gasteiger partial charge in [-0.3, -0.25) is 10.1 Å². The van der Waals surface area contributed by atoms with E-state index in [4.69, 9.17) is 11.6 Å². The number of nitro benzene ring substituents is 1. The first-order valence-corrected chi connectivity index (χ1v) is 8.85. The van der Waals surface area contributed by atoms with Gasteiger partial charge in [0.1, 0.15) is 9.90 Å². The van der Waals surface area contributed by atoms with Crippen LogP contribution in [0.15, 0.2) is 39.9 Å². The SMILES string of the molecule is O=[N+]([O-])c1cc(Cl)ccc1NCCNS(=O)(=O)c1cccs1. The van der Waals surface area contributed by atoms with E-state index in [0.29, 0.717) is 0 Å². The molecule has 0 aliphatic heterocycles. The Hall–Kier alpha value is -1.68. The van der Waals surface area contributed by atoms with Crippen molar-refractivity contribution in [2.75, 3.05) is 18.4 Å². The van der Waals surface area contributed by atoms with Crippen molar-refractivity contribution in [1.29, 1.82) is 0 Å². The van der Waals surface area contributed by atoms with Gasteiger partial charge in [0.05, 0.1) is 4.92 Å². The molecule has 2 rings (SSSR count). The molecule has 0 aliphatic carbocycles. The zero-order valence-corrected chi connectivity index (χ0v) is 13.5. The molecule has 0 unspecified atom stereocenters. The molecular weight excluding hydrogens is 350 g/mol. The van der Waals surface area contributed by atoms with Crippen LogP contribution in [0, 0.1) is 10.1 Å². The van der Waals surface area contributed by atoms with Crippen LogP contribution >= 0.6 is 22.9 Å². The third-order valence-electron chi connectivity index (χ3n) is 2.65. The van der Waals surface area contributed by atoms with Crippen molar-refractivity contribution < 1.29 is 13.3 Å². The Labute approximate surface area is 136 Å². The van der Waals surface area contributed by atoms with E-state index in [1.807, 2.05) is 0 Å². The molecule has 0 radical (unpaired) electrons. The number of sulfonamides is 1. The molecule has 2 aromatic rings. The van der Waals surface area contributed by atoms with Gasteiger partial charge in [0, 0.05) is 24.2 Å². The highest BCUT2D eigenvalue weighted by molar-refractivity contribution is 7.91. The van der Waals surface area contributed by atoms with Gasteiger partial charge < -0.3 is 5.32 Å². The van der Waals surface area contributed by atoms with Crippen LogP contribution in [0.1, 0.15) is 0 Å². The molecule has 1 aromatic heterocycles. The largest absolute Gasteiger partial charge is 0.378 e. The van der Waals surface area contributed by atoms with E-state index in [2.05, 4.69) is 10.0 Å². The molecule has 0 aliphatic rings. The summed E-state index contributed by atoms with van der Waals surface area (Å²) in [6.45, 7) is 0.299. The van der Waals surface area contributed by atoms with Crippen molar-refractivity contribution in [2.24, 2.45) is 0 Å². The van der Waals surface area contributed by atoms with Crippen molar-refractivity contribution in [1.82, 2.24) is 4.72 Å². The fourth-order valence-electron chi connectivity index (χ4n) is 1.68. The maximum atomic E-state index is 11.9. The van der Waals surface area contributed by atoms with Gasteiger partial charge in [0.15, 0.2) is 0 Å². The topological polar surface area (TPSA) is 101 Å². The van der Waals surface area contributed by atoms with E-state index in [-0.39, 0.29) is 33.7 Å². The predicted molar refractivity (Wildman–Crippen MR) is 86.1 cm³/mol. The van der Waals surface area contributed by atoms with Crippen molar-refractivity contribution in [3.8, 4) is 0 Å². The second-order valence-corrected chi connectivity index (χ2v) is 7.55. The van der Waals surface area contributed by atoms with E-state index in [1.54, 1.807) is 11.4 Å². The number of benzene rings is 1. The maximum absolute atomic E-state index is 11.9. The Balaban J connectivity index is 1.94. The second kappa shape index (κ2) is 7.05. The fourth-order valence-corrected chi connectivity index (χ4v) is 3.91. The highest BCUT2D eigenvalue weighted by Crippen LogP contribution is 2.27. The standard InChI is InChI=1S/C12H12ClN3O4S2/c13-9-3-4-10(11(8-9)16(17)18)14-5-6-15-22(19,20)12-2-1-7-21-12/h1-4,7-8,14-15H,5-6H2. The lowest BCUT2D eigenvalue weighted by atomic mass is 10.2. The van der Waals surface area contributed by atoms with Crippen LogP contribution in [0.4, 0.5) is 11.4 Å². The van der Waals surface area contributed by atoms with Gasteiger partial charge in [-0.05, 0) is 23.6 Å². The van der Waals surface area contributed by atoms with Gasteiger partial charge in [-0.25, -0.2) is 13.1 Å². The quantitative estimate of drug-likeness (QED) is 0.448. The average molecular weight is 362 g/mol. The number of anilines is 1. The molecule has 0 saturated carbocycles. The zero-order valence-electron chi connectivity index (χ0n) is 11.2. The fraction of sp³-hybridized carbons (Fsp3) is 0.167. The van der Waals surface area contributed by atoms with Gasteiger partial charge in [-0.2, -0.15) is 0 Å². The normalized spacial score (nSPS) is 11.3. The van der Waals surface area contributed by atoms with Crippen molar-refractivity contribution in [2.45, 2.75) is 4.21 Å². The van der Waals surface area contributed by atoms with Crippen molar-refractivity contribution in [3.05, 3.63) is 50.8 Å². The summed E-state index contributed by atoms with van der Waals surface area (Å²) in [5.74, 6) is 0. The minimum absolute atomic E-state index is 0.0972. The van der Waals surface area contributed by atoms with Gasteiger partial charge >= 0.3 is 0 Å². The van der Waals surface area contributed by atoms with Crippen molar-refractivity contribution >= 4 is 44.3 Å². The lowest BCUT2D eigenvalue weighted by molar-refractivity contribution is -0.383. The monoisotopic (exact) mass is 361 g/mol. The smallest absolute Gasteiger partial charge is 0.293 e. The van der Waals surface area contributed by atoms with Gasteiger partial charge in [0.2, 0.25) is 10.0 Å². The number of rotatable bonds is 7. The lowest BCUT2D eigenvalue weighted by Crippen LogP contribution is -2.28. The molecule has 10 heteroatoms. The van der Waals surface area contributed by atoms with Crippen LogP contribution in [0.25, 0.3) is 0 Å². The van der Waals surface area contributed by atoms with Crippen LogP contribution in [0.5, 0.6) is 0 Å². The lowest BCUT2D eigenvalue weighted by Gasteiger charge is -2.08. The summed E-state index contributed by atoms with van der Waals surface area (Å²) >= 11 is 6.83. The van der Waals surface area contributed by atoms with E-state index >= 15 is 0 Å². The van der Waals surface area contributed by atoms with Crippen LogP contribution in [0.3, 0.4) is 0 Å². The van der Waals surface area contributed by atoms with Gasteiger partial charge in [0.25, 0.3) is 5.69 Å². The molecule has 7 nitrogen and oxygen atoms in total. The summed E-state index contributed by atoms with van der Waals surface area (Å²) in [6.07, 6.45) is 0. The minimum atomic E-state index is -3.53. The third-order valence-corrected chi connectivity index (χ3v) is 5.74. The maximum Gasteiger partial charge on any atom is 0.293 e. The van der Waals surface area contributed by atoms with E-state index < -0.39 is 14.9 Å². The zero-order chi connectivity index (χ0) is 16.2. The molecule has 118 valence electrons. The molecule has 22 heavy (non-hydrogen) atoms. The molecular formula is C12H12ClN3O4S2. The Kier molecular flexibility index (Phi) is 5.35. The number of nitrogens with zero attached hydrogens (tertiary/aromatic N) is 1. The number of hydrogen-bond acceptors (Lipinski definition) is 6. The second-order valence-electron chi connectivity index (χ2n) is 4.18. The summed E-state index contributed by atoms with van der Waals surface area (Å²) in [7, 11) is -3.53. The first-order chi connectivity index (χ1) is 10.4. The van der Waals surface area contributed by atoms with Crippen molar-refractivity contribution in [3.63, 3.8) is 0 Å². The Morgan fingerprint density at radius 2 is 2.05 bits per heavy atom. The number of halogens is 1. The molecule has 0 fully saturated rings. The first kappa shape index (κ1) is 16.7.